The van der Waals surface area contributed by atoms with E-state index in [2.05, 4.69) is 15.3 Å². The number of aromatic nitrogens is 2. The second-order valence-corrected chi connectivity index (χ2v) is 7.21. The summed E-state index contributed by atoms with van der Waals surface area (Å²) < 4.78 is 0. The second kappa shape index (κ2) is 7.72. The molecule has 0 spiro atoms. The van der Waals surface area contributed by atoms with E-state index in [9.17, 15) is 20.0 Å². The third-order valence-corrected chi connectivity index (χ3v) is 5.36. The van der Waals surface area contributed by atoms with Gasteiger partial charge in [-0.05, 0) is 30.2 Å². The number of carboxylic acid groups (broad SMARTS) is 1. The van der Waals surface area contributed by atoms with E-state index in [1.165, 1.54) is 23.5 Å². The molecule has 0 bridgehead atoms. The third kappa shape index (κ3) is 3.81. The predicted octanol–water partition coefficient (Wildman–Crippen LogP) is 4.55. The summed E-state index contributed by atoms with van der Waals surface area (Å²) in [6.07, 6.45) is 0.526. The minimum absolute atomic E-state index is 0.0373. The van der Waals surface area contributed by atoms with E-state index >= 15 is 0 Å². The summed E-state index contributed by atoms with van der Waals surface area (Å²) in [5.41, 5.74) is 3.33. The van der Waals surface area contributed by atoms with Gasteiger partial charge in [-0.25, -0.2) is 9.78 Å². The maximum atomic E-state index is 11.5. The van der Waals surface area contributed by atoms with Crippen molar-refractivity contribution in [3.63, 3.8) is 0 Å². The number of benzene rings is 2. The number of anilines is 1. The van der Waals surface area contributed by atoms with Crippen LogP contribution in [0.1, 0.15) is 16.1 Å². The van der Waals surface area contributed by atoms with Crippen LogP contribution in [0.15, 0.2) is 53.9 Å². The first-order valence-corrected chi connectivity index (χ1v) is 9.68. The number of aromatic amines is 1. The summed E-state index contributed by atoms with van der Waals surface area (Å²) in [5, 5.41) is 26.9. The number of hydrogen-bond acceptors (Lipinski definition) is 6. The molecule has 4 aromatic rings. The summed E-state index contributed by atoms with van der Waals surface area (Å²) in [6.45, 7) is 0.523. The molecule has 9 heteroatoms. The van der Waals surface area contributed by atoms with Crippen LogP contribution >= 0.6 is 11.3 Å². The summed E-state index contributed by atoms with van der Waals surface area (Å²) in [6, 6.07) is 13.8. The molecule has 0 aliphatic heterocycles. The van der Waals surface area contributed by atoms with E-state index in [1.54, 1.807) is 12.1 Å². The quantitative estimate of drug-likeness (QED) is 0.305. The summed E-state index contributed by atoms with van der Waals surface area (Å²) in [4.78, 5) is 29.3. The van der Waals surface area contributed by atoms with Gasteiger partial charge < -0.3 is 15.4 Å². The first-order valence-electron chi connectivity index (χ1n) is 8.80. The van der Waals surface area contributed by atoms with E-state index in [-0.39, 0.29) is 11.4 Å². The molecular weight excluding hydrogens is 392 g/mol. The standard InChI is InChI=1S/C20H16N4O4S/c25-19(26)18-15(14-3-1-2-4-16(14)22-18)9-10-21-20-23-17(11-29-20)12-5-7-13(8-6-12)24(27)28/h1-8,11,22H,9-10H2,(H,21,23)(H,25,26). The average Bonchev–Trinajstić information content (AvgIpc) is 3.33. The van der Waals surface area contributed by atoms with Crippen molar-refractivity contribution >= 4 is 39.0 Å². The molecule has 29 heavy (non-hydrogen) atoms. The number of para-hydroxylation sites is 1. The van der Waals surface area contributed by atoms with Gasteiger partial charge in [-0.15, -0.1) is 11.3 Å². The zero-order valence-corrected chi connectivity index (χ0v) is 15.9. The maximum Gasteiger partial charge on any atom is 0.352 e. The number of nitro groups is 1. The van der Waals surface area contributed by atoms with E-state index in [4.69, 9.17) is 0 Å². The largest absolute Gasteiger partial charge is 0.477 e. The fourth-order valence-corrected chi connectivity index (χ4v) is 3.93. The number of nitrogens with one attached hydrogen (secondary N) is 2. The SMILES string of the molecule is O=C(O)c1[nH]c2ccccc2c1CCNc1nc(-c2ccc([N+](=O)[O-])cc2)cs1. The number of aromatic carboxylic acids is 1. The number of nitro benzene ring substituents is 1. The van der Waals surface area contributed by atoms with Gasteiger partial charge in [0.25, 0.3) is 5.69 Å². The van der Waals surface area contributed by atoms with Crippen LogP contribution in [0.3, 0.4) is 0 Å². The van der Waals surface area contributed by atoms with Crippen molar-refractivity contribution in [2.75, 3.05) is 11.9 Å². The van der Waals surface area contributed by atoms with Crippen molar-refractivity contribution in [1.29, 1.82) is 0 Å². The normalized spacial score (nSPS) is 10.9. The van der Waals surface area contributed by atoms with Crippen LogP contribution in [0.2, 0.25) is 0 Å². The van der Waals surface area contributed by atoms with Crippen LogP contribution < -0.4 is 5.32 Å². The van der Waals surface area contributed by atoms with Gasteiger partial charge in [0, 0.05) is 40.5 Å². The highest BCUT2D eigenvalue weighted by atomic mass is 32.1. The Hall–Kier alpha value is -3.72. The van der Waals surface area contributed by atoms with Crippen molar-refractivity contribution in [2.45, 2.75) is 6.42 Å². The Labute approximate surface area is 169 Å². The number of fused-ring (bicyclic) bond motifs is 1. The van der Waals surface area contributed by atoms with Crippen molar-refractivity contribution in [3.05, 3.63) is 75.3 Å². The van der Waals surface area contributed by atoms with Gasteiger partial charge in [0.15, 0.2) is 5.13 Å². The van der Waals surface area contributed by atoms with Gasteiger partial charge in [-0.1, -0.05) is 18.2 Å². The molecule has 8 nitrogen and oxygen atoms in total. The highest BCUT2D eigenvalue weighted by Gasteiger charge is 2.16. The summed E-state index contributed by atoms with van der Waals surface area (Å²) in [5.74, 6) is -0.981. The van der Waals surface area contributed by atoms with E-state index in [1.807, 2.05) is 29.6 Å². The fourth-order valence-electron chi connectivity index (χ4n) is 3.18. The summed E-state index contributed by atoms with van der Waals surface area (Å²) >= 11 is 1.43. The van der Waals surface area contributed by atoms with Crippen molar-refractivity contribution in [2.24, 2.45) is 0 Å². The van der Waals surface area contributed by atoms with Crippen molar-refractivity contribution in [3.8, 4) is 11.3 Å². The van der Waals surface area contributed by atoms with Gasteiger partial charge in [-0.2, -0.15) is 0 Å². The molecule has 0 saturated carbocycles. The molecule has 2 aromatic carbocycles. The summed E-state index contributed by atoms with van der Waals surface area (Å²) in [7, 11) is 0. The lowest BCUT2D eigenvalue weighted by molar-refractivity contribution is -0.384. The molecule has 0 fully saturated rings. The topological polar surface area (TPSA) is 121 Å². The first kappa shape index (κ1) is 18.6. The average molecular weight is 408 g/mol. The lowest BCUT2D eigenvalue weighted by Crippen LogP contribution is -2.08. The number of carbonyl (C=O) groups is 1. The molecule has 146 valence electrons. The van der Waals surface area contributed by atoms with Crippen molar-refractivity contribution in [1.82, 2.24) is 9.97 Å². The molecule has 0 aliphatic rings. The zero-order chi connectivity index (χ0) is 20.4. The number of hydrogen-bond donors (Lipinski definition) is 3. The second-order valence-electron chi connectivity index (χ2n) is 6.35. The third-order valence-electron chi connectivity index (χ3n) is 4.56. The van der Waals surface area contributed by atoms with E-state index in [0.717, 1.165) is 27.7 Å². The monoisotopic (exact) mass is 408 g/mol. The van der Waals surface area contributed by atoms with Crippen LogP contribution in [0.5, 0.6) is 0 Å². The highest BCUT2D eigenvalue weighted by molar-refractivity contribution is 7.14. The van der Waals surface area contributed by atoms with Crippen LogP contribution in [0.4, 0.5) is 10.8 Å². The number of non-ortho nitro benzene ring substituents is 1. The molecule has 4 rings (SSSR count). The predicted molar refractivity (Wildman–Crippen MR) is 112 cm³/mol. The number of H-pyrrole nitrogens is 1. The van der Waals surface area contributed by atoms with E-state index < -0.39 is 10.9 Å². The van der Waals surface area contributed by atoms with Crippen LogP contribution in [0.25, 0.3) is 22.2 Å². The van der Waals surface area contributed by atoms with Gasteiger partial charge in [0.05, 0.1) is 10.6 Å². The van der Waals surface area contributed by atoms with Crippen molar-refractivity contribution < 1.29 is 14.8 Å². The first-order chi connectivity index (χ1) is 14.0. The molecule has 0 amide bonds. The number of nitrogens with zero attached hydrogens (tertiary/aromatic N) is 2. The number of carboxylic acids is 1. The lowest BCUT2D eigenvalue weighted by Gasteiger charge is -2.04. The fraction of sp³-hybridized carbons (Fsp3) is 0.100. The molecule has 2 heterocycles. The Morgan fingerprint density at radius 2 is 1.97 bits per heavy atom. The zero-order valence-electron chi connectivity index (χ0n) is 15.1. The minimum Gasteiger partial charge on any atom is -0.477 e. The van der Waals surface area contributed by atoms with E-state index in [0.29, 0.717) is 18.1 Å². The Bertz CT molecular complexity index is 1200. The Morgan fingerprint density at radius 1 is 1.21 bits per heavy atom. The van der Waals surface area contributed by atoms with Gasteiger partial charge in [0.2, 0.25) is 0 Å². The Kier molecular flexibility index (Phi) is 4.96. The molecule has 2 aromatic heterocycles. The molecule has 0 atom stereocenters. The molecule has 0 aliphatic carbocycles. The van der Waals surface area contributed by atoms with Crippen LogP contribution in [-0.2, 0) is 6.42 Å². The van der Waals surface area contributed by atoms with Crippen LogP contribution in [-0.4, -0.2) is 32.5 Å². The molecule has 0 radical (unpaired) electrons. The number of thiazole rings is 1. The minimum atomic E-state index is -0.981. The highest BCUT2D eigenvalue weighted by Crippen LogP contribution is 2.27. The lowest BCUT2D eigenvalue weighted by atomic mass is 10.1. The molecular formula is C20H16N4O4S. The molecule has 3 N–H and O–H groups in total. The Morgan fingerprint density at radius 3 is 2.69 bits per heavy atom. The molecule has 0 saturated heterocycles. The Balaban J connectivity index is 1.46. The smallest absolute Gasteiger partial charge is 0.352 e. The van der Waals surface area contributed by atoms with Gasteiger partial charge in [-0.3, -0.25) is 10.1 Å². The number of rotatable bonds is 7. The molecule has 0 unspecified atom stereocenters. The van der Waals surface area contributed by atoms with Crippen LogP contribution in [0, 0.1) is 10.1 Å². The van der Waals surface area contributed by atoms with Gasteiger partial charge >= 0.3 is 5.97 Å². The van der Waals surface area contributed by atoms with Gasteiger partial charge in [0.1, 0.15) is 5.69 Å². The maximum absolute atomic E-state index is 11.5.